The summed E-state index contributed by atoms with van der Waals surface area (Å²) in [7, 11) is 5.52. The number of hydrogen-bond acceptors (Lipinski definition) is 4. The number of aromatic nitrogens is 2. The quantitative estimate of drug-likeness (QED) is 0.609. The van der Waals surface area contributed by atoms with Crippen LogP contribution in [0.25, 0.3) is 16.9 Å². The number of benzene rings is 2. The van der Waals surface area contributed by atoms with Crippen LogP contribution in [0, 0.1) is 0 Å². The van der Waals surface area contributed by atoms with Crippen molar-refractivity contribution in [1.82, 2.24) is 20.0 Å². The highest BCUT2D eigenvalue weighted by molar-refractivity contribution is 6.42. The molecule has 0 radical (unpaired) electrons. The van der Waals surface area contributed by atoms with Gasteiger partial charge in [-0.15, -0.1) is 0 Å². The molecule has 8 heteroatoms. The Morgan fingerprint density at radius 1 is 1.10 bits per heavy atom. The molecule has 1 N–H and O–H groups in total. The van der Waals surface area contributed by atoms with Crippen LogP contribution in [0.1, 0.15) is 10.5 Å². The minimum absolute atomic E-state index is 0.217. The highest BCUT2D eigenvalue weighted by Crippen LogP contribution is 2.27. The highest BCUT2D eigenvalue weighted by atomic mass is 35.5. The fourth-order valence-electron chi connectivity index (χ4n) is 2.74. The lowest BCUT2D eigenvalue weighted by atomic mass is 10.1. The van der Waals surface area contributed by atoms with Gasteiger partial charge in [0.2, 0.25) is 0 Å². The van der Waals surface area contributed by atoms with Crippen LogP contribution in [0.3, 0.4) is 0 Å². The lowest BCUT2D eigenvalue weighted by Gasteiger charge is -2.11. The molecule has 0 aliphatic heterocycles. The topological polar surface area (TPSA) is 59.4 Å². The Hall–Kier alpha value is -2.54. The van der Waals surface area contributed by atoms with Crippen LogP contribution in [-0.4, -0.2) is 54.9 Å². The van der Waals surface area contributed by atoms with Crippen LogP contribution in [0.5, 0.6) is 5.75 Å². The van der Waals surface area contributed by atoms with Gasteiger partial charge in [-0.05, 0) is 62.6 Å². The molecule has 0 fully saturated rings. The fraction of sp³-hybridized carbons (Fsp3) is 0.238. The summed E-state index contributed by atoms with van der Waals surface area (Å²) in [6.45, 7) is 1.26. The number of hydrogen-bond donors (Lipinski definition) is 1. The first-order valence-corrected chi connectivity index (χ1v) is 9.77. The predicted molar refractivity (Wildman–Crippen MR) is 116 cm³/mol. The Morgan fingerprint density at radius 3 is 2.45 bits per heavy atom. The first-order chi connectivity index (χ1) is 13.9. The van der Waals surface area contributed by atoms with Gasteiger partial charge in [0.05, 0.1) is 28.5 Å². The van der Waals surface area contributed by atoms with Gasteiger partial charge in [-0.2, -0.15) is 5.10 Å². The number of halogens is 2. The Bertz CT molecular complexity index is 1000. The average molecular weight is 433 g/mol. The molecule has 1 heterocycles. The molecule has 1 amide bonds. The van der Waals surface area contributed by atoms with Crippen molar-refractivity contribution < 1.29 is 9.53 Å². The molecule has 0 bridgehead atoms. The van der Waals surface area contributed by atoms with Gasteiger partial charge in [0.15, 0.2) is 0 Å². The van der Waals surface area contributed by atoms with Crippen LogP contribution in [0.15, 0.2) is 48.5 Å². The number of nitrogens with zero attached hydrogens (tertiary/aromatic N) is 3. The van der Waals surface area contributed by atoms with Gasteiger partial charge >= 0.3 is 0 Å². The van der Waals surface area contributed by atoms with Crippen LogP contribution in [0.4, 0.5) is 0 Å². The third-order valence-electron chi connectivity index (χ3n) is 4.32. The smallest absolute Gasteiger partial charge is 0.270 e. The summed E-state index contributed by atoms with van der Waals surface area (Å²) in [6, 6.07) is 14.4. The molecular formula is C21H22Cl2N4O2. The van der Waals surface area contributed by atoms with E-state index in [2.05, 4.69) is 10.4 Å². The van der Waals surface area contributed by atoms with Crippen molar-refractivity contribution in [2.45, 2.75) is 0 Å². The van der Waals surface area contributed by atoms with E-state index >= 15 is 0 Å². The van der Waals surface area contributed by atoms with E-state index in [0.29, 0.717) is 33.7 Å². The molecule has 29 heavy (non-hydrogen) atoms. The van der Waals surface area contributed by atoms with E-state index < -0.39 is 0 Å². The van der Waals surface area contributed by atoms with Gasteiger partial charge in [-0.25, -0.2) is 4.68 Å². The number of amides is 1. The third kappa shape index (κ3) is 5.09. The first kappa shape index (κ1) is 21.2. The highest BCUT2D eigenvalue weighted by Gasteiger charge is 2.18. The summed E-state index contributed by atoms with van der Waals surface area (Å²) in [5.74, 6) is 0.532. The van der Waals surface area contributed by atoms with Gasteiger partial charge in [0.1, 0.15) is 11.4 Å². The van der Waals surface area contributed by atoms with Crippen molar-refractivity contribution in [1.29, 1.82) is 0 Å². The van der Waals surface area contributed by atoms with E-state index in [-0.39, 0.29) is 5.91 Å². The molecule has 152 valence electrons. The van der Waals surface area contributed by atoms with E-state index in [1.807, 2.05) is 43.3 Å². The zero-order chi connectivity index (χ0) is 21.0. The number of carbonyl (C=O) groups is 1. The molecule has 0 unspecified atom stereocenters. The molecule has 0 saturated carbocycles. The van der Waals surface area contributed by atoms with Crippen molar-refractivity contribution in [2.75, 3.05) is 34.3 Å². The van der Waals surface area contributed by atoms with Crippen LogP contribution < -0.4 is 10.1 Å². The number of nitrogens with one attached hydrogen (secondary N) is 1. The molecule has 0 atom stereocenters. The van der Waals surface area contributed by atoms with Gasteiger partial charge < -0.3 is 15.0 Å². The van der Waals surface area contributed by atoms with E-state index in [4.69, 9.17) is 27.9 Å². The summed E-state index contributed by atoms with van der Waals surface area (Å²) in [6.07, 6.45) is 0. The molecular weight excluding hydrogens is 411 g/mol. The Balaban J connectivity index is 2.00. The maximum atomic E-state index is 12.8. The van der Waals surface area contributed by atoms with Gasteiger partial charge in [0, 0.05) is 18.7 Å². The van der Waals surface area contributed by atoms with E-state index in [0.717, 1.165) is 17.9 Å². The molecule has 0 aliphatic carbocycles. The minimum Gasteiger partial charge on any atom is -0.497 e. The Morgan fingerprint density at radius 2 is 1.83 bits per heavy atom. The lowest BCUT2D eigenvalue weighted by molar-refractivity contribution is 0.0943. The van der Waals surface area contributed by atoms with Crippen LogP contribution in [0.2, 0.25) is 10.0 Å². The summed E-state index contributed by atoms with van der Waals surface area (Å²) >= 11 is 12.2. The minimum atomic E-state index is -0.217. The van der Waals surface area contributed by atoms with E-state index in [9.17, 15) is 4.79 Å². The number of rotatable bonds is 7. The average Bonchev–Trinajstić information content (AvgIpc) is 3.15. The lowest BCUT2D eigenvalue weighted by Crippen LogP contribution is -2.32. The maximum Gasteiger partial charge on any atom is 0.270 e. The fourth-order valence-corrected chi connectivity index (χ4v) is 3.04. The number of likely N-dealkylation sites (N-methyl/N-ethyl adjacent to an activating group) is 1. The molecule has 0 spiro atoms. The zero-order valence-electron chi connectivity index (χ0n) is 16.4. The number of ether oxygens (including phenoxy) is 1. The van der Waals surface area contributed by atoms with Crippen molar-refractivity contribution >= 4 is 29.1 Å². The molecule has 6 nitrogen and oxygen atoms in total. The SMILES string of the molecule is COc1ccc(-c2cc(C(=O)NCCN(C)C)n(-c3ccc(Cl)c(Cl)c3)n2)cc1. The van der Waals surface area contributed by atoms with Crippen LogP contribution >= 0.6 is 23.2 Å². The molecule has 0 aliphatic rings. The van der Waals surface area contributed by atoms with Crippen molar-refractivity contribution in [3.8, 4) is 22.7 Å². The second kappa shape index (κ2) is 9.31. The Kier molecular flexibility index (Phi) is 6.79. The standard InChI is InChI=1S/C21H22Cl2N4O2/c1-26(2)11-10-24-21(28)20-13-19(14-4-7-16(29-3)8-5-14)25-27(20)15-6-9-17(22)18(23)12-15/h4-9,12-13H,10-11H2,1-3H3,(H,24,28). The summed E-state index contributed by atoms with van der Waals surface area (Å²) in [5, 5.41) is 8.41. The molecule has 0 saturated heterocycles. The van der Waals surface area contributed by atoms with Gasteiger partial charge in [-0.1, -0.05) is 23.2 Å². The van der Waals surface area contributed by atoms with Gasteiger partial charge in [0.25, 0.3) is 5.91 Å². The number of carbonyl (C=O) groups excluding carboxylic acids is 1. The molecule has 3 rings (SSSR count). The van der Waals surface area contributed by atoms with Crippen LogP contribution in [-0.2, 0) is 0 Å². The predicted octanol–water partition coefficient (Wildman–Crippen LogP) is 4.15. The van der Waals surface area contributed by atoms with Crippen molar-refractivity contribution in [3.63, 3.8) is 0 Å². The van der Waals surface area contributed by atoms with E-state index in [1.54, 1.807) is 36.1 Å². The molecule has 1 aromatic heterocycles. The van der Waals surface area contributed by atoms with Crippen molar-refractivity contribution in [3.05, 3.63) is 64.3 Å². The largest absolute Gasteiger partial charge is 0.497 e. The molecule has 3 aromatic rings. The van der Waals surface area contributed by atoms with E-state index in [1.165, 1.54) is 0 Å². The summed E-state index contributed by atoms with van der Waals surface area (Å²) in [5.41, 5.74) is 2.59. The Labute approximate surface area is 180 Å². The molecule has 2 aromatic carbocycles. The summed E-state index contributed by atoms with van der Waals surface area (Å²) in [4.78, 5) is 14.8. The maximum absolute atomic E-state index is 12.8. The monoisotopic (exact) mass is 432 g/mol. The first-order valence-electron chi connectivity index (χ1n) is 9.02. The van der Waals surface area contributed by atoms with Gasteiger partial charge in [-0.3, -0.25) is 4.79 Å². The van der Waals surface area contributed by atoms with Crippen molar-refractivity contribution in [2.24, 2.45) is 0 Å². The number of methoxy groups -OCH3 is 1. The second-order valence-corrected chi connectivity index (χ2v) is 7.53. The summed E-state index contributed by atoms with van der Waals surface area (Å²) < 4.78 is 6.78. The zero-order valence-corrected chi connectivity index (χ0v) is 18.0. The second-order valence-electron chi connectivity index (χ2n) is 6.71. The third-order valence-corrected chi connectivity index (χ3v) is 5.06. The normalized spacial score (nSPS) is 11.0.